The van der Waals surface area contributed by atoms with Gasteiger partial charge in [-0.1, -0.05) is 0 Å². The molecule has 1 aliphatic heterocycles. The van der Waals surface area contributed by atoms with Crippen LogP contribution < -0.4 is 0 Å². The van der Waals surface area contributed by atoms with Crippen molar-refractivity contribution in [2.45, 2.75) is 12.2 Å². The molecule has 0 radical (unpaired) electrons. The molecule has 0 saturated carbocycles. The third-order valence-corrected chi connectivity index (χ3v) is 4.50. The van der Waals surface area contributed by atoms with Gasteiger partial charge in [0.15, 0.2) is 34.5 Å². The monoisotopic (exact) mass is 449 g/mol. The molecule has 0 spiro atoms. The number of benzene rings is 2. The lowest BCUT2D eigenvalue weighted by Gasteiger charge is -2.17. The highest BCUT2D eigenvalue weighted by Crippen LogP contribution is 2.37. The van der Waals surface area contributed by atoms with E-state index in [2.05, 4.69) is 0 Å². The summed E-state index contributed by atoms with van der Waals surface area (Å²) in [5.74, 6) is -9.97. The number of carbonyl (C=O) groups excluding carboxylic acids is 4. The Bertz CT molecular complexity index is 1020. The number of phenols is 6. The molecule has 32 heavy (non-hydrogen) atoms. The van der Waals surface area contributed by atoms with Gasteiger partial charge < -0.3 is 40.1 Å². The van der Waals surface area contributed by atoms with E-state index < -0.39 is 81.6 Å². The summed E-state index contributed by atoms with van der Waals surface area (Å²) >= 11 is 0. The minimum atomic E-state index is -1.94. The third-order valence-electron chi connectivity index (χ3n) is 4.50. The SMILES string of the molecule is CN1C(=O)[C@H](OC(=O)c2cc(O)c(O)c(O)c2)[C@@H](OC(=O)c2cc(O)c(O)c(O)c2)C1=O. The van der Waals surface area contributed by atoms with E-state index in [1.165, 1.54) is 0 Å². The van der Waals surface area contributed by atoms with Crippen molar-refractivity contribution in [3.05, 3.63) is 35.4 Å². The number of hydrogen-bond acceptors (Lipinski definition) is 12. The van der Waals surface area contributed by atoms with Gasteiger partial charge in [0.25, 0.3) is 11.8 Å². The molecule has 13 heteroatoms. The van der Waals surface area contributed by atoms with Crippen molar-refractivity contribution in [2.75, 3.05) is 7.05 Å². The highest BCUT2D eigenvalue weighted by Gasteiger charge is 2.51. The maximum atomic E-state index is 12.4. The first-order chi connectivity index (χ1) is 14.9. The number of nitrogens with zero attached hydrogens (tertiary/aromatic N) is 1. The average molecular weight is 449 g/mol. The maximum Gasteiger partial charge on any atom is 0.339 e. The first-order valence-electron chi connectivity index (χ1n) is 8.65. The van der Waals surface area contributed by atoms with E-state index in [1.54, 1.807) is 0 Å². The summed E-state index contributed by atoms with van der Waals surface area (Å²) in [6.45, 7) is 0. The molecule has 2 atom stereocenters. The Kier molecular flexibility index (Phi) is 5.41. The number of rotatable bonds is 4. The Balaban J connectivity index is 1.86. The van der Waals surface area contributed by atoms with E-state index >= 15 is 0 Å². The first-order valence-corrected chi connectivity index (χ1v) is 8.65. The van der Waals surface area contributed by atoms with Crippen LogP contribution in [0.1, 0.15) is 20.7 Å². The molecule has 13 nitrogen and oxygen atoms in total. The van der Waals surface area contributed by atoms with Crippen molar-refractivity contribution in [3.8, 4) is 34.5 Å². The van der Waals surface area contributed by atoms with Crippen molar-refractivity contribution in [3.63, 3.8) is 0 Å². The third kappa shape index (κ3) is 3.74. The summed E-state index contributed by atoms with van der Waals surface area (Å²) < 4.78 is 9.89. The van der Waals surface area contributed by atoms with Gasteiger partial charge in [0.2, 0.25) is 12.2 Å². The Labute approximate surface area is 177 Å². The van der Waals surface area contributed by atoms with E-state index in [-0.39, 0.29) is 0 Å². The Morgan fingerprint density at radius 2 is 0.969 bits per heavy atom. The molecule has 2 aromatic carbocycles. The van der Waals surface area contributed by atoms with Gasteiger partial charge in [-0.3, -0.25) is 14.5 Å². The molecule has 3 rings (SSSR count). The van der Waals surface area contributed by atoms with Crippen molar-refractivity contribution in [1.29, 1.82) is 0 Å². The van der Waals surface area contributed by atoms with Crippen LogP contribution in [0.3, 0.4) is 0 Å². The highest BCUT2D eigenvalue weighted by atomic mass is 16.6. The van der Waals surface area contributed by atoms with E-state index in [1.807, 2.05) is 0 Å². The number of likely N-dealkylation sites (tertiary alicyclic amines) is 1. The Morgan fingerprint density at radius 1 is 0.688 bits per heavy atom. The van der Waals surface area contributed by atoms with E-state index in [0.717, 1.165) is 31.3 Å². The van der Waals surface area contributed by atoms with Crippen molar-refractivity contribution >= 4 is 23.8 Å². The number of likely N-dealkylation sites (N-methyl/N-ethyl adjacent to an activating group) is 1. The summed E-state index contributed by atoms with van der Waals surface area (Å²) in [5, 5.41) is 56.7. The van der Waals surface area contributed by atoms with Crippen LogP contribution in [-0.4, -0.2) is 78.5 Å². The summed E-state index contributed by atoms with van der Waals surface area (Å²) in [4.78, 5) is 49.9. The second-order valence-corrected chi connectivity index (χ2v) is 6.61. The topological polar surface area (TPSA) is 211 Å². The predicted octanol–water partition coefficient (Wildman–Crippen LogP) is -0.330. The van der Waals surface area contributed by atoms with Crippen LogP contribution >= 0.6 is 0 Å². The quantitative estimate of drug-likeness (QED) is 0.201. The zero-order chi connectivity index (χ0) is 23.9. The van der Waals surface area contributed by atoms with Crippen LogP contribution in [0.5, 0.6) is 34.5 Å². The van der Waals surface area contributed by atoms with Gasteiger partial charge in [0.05, 0.1) is 11.1 Å². The van der Waals surface area contributed by atoms with Gasteiger partial charge in [-0.05, 0) is 24.3 Å². The van der Waals surface area contributed by atoms with Gasteiger partial charge in [-0.25, -0.2) is 9.59 Å². The number of ether oxygens (including phenoxy) is 2. The predicted molar refractivity (Wildman–Crippen MR) is 99.1 cm³/mol. The summed E-state index contributed by atoms with van der Waals surface area (Å²) in [6.07, 6.45) is -3.89. The fraction of sp³-hybridized carbons (Fsp3) is 0.158. The van der Waals surface area contributed by atoms with Gasteiger partial charge in [-0.2, -0.15) is 0 Å². The van der Waals surface area contributed by atoms with Gasteiger partial charge in [-0.15, -0.1) is 0 Å². The number of hydrogen-bond donors (Lipinski definition) is 6. The molecule has 1 aliphatic rings. The standard InChI is InChI=1S/C19H15NO12/c1-20-16(27)14(31-18(29)6-2-8(21)12(25)9(22)3-6)15(17(20)28)32-19(30)7-4-10(23)13(26)11(24)5-7/h2-5,14-15,21-26H,1H3/t14-,15-/m1/s1. The number of esters is 2. The molecule has 2 aromatic rings. The first kappa shape index (κ1) is 22.0. The van der Waals surface area contributed by atoms with Crippen molar-refractivity contribution in [2.24, 2.45) is 0 Å². The van der Waals surface area contributed by atoms with Crippen molar-refractivity contribution < 1.29 is 59.3 Å². The normalized spacial score (nSPS) is 18.0. The number of carbonyl (C=O) groups is 4. The second-order valence-electron chi connectivity index (χ2n) is 6.61. The van der Waals surface area contributed by atoms with Gasteiger partial charge in [0.1, 0.15) is 0 Å². The van der Waals surface area contributed by atoms with E-state index in [0.29, 0.717) is 4.90 Å². The van der Waals surface area contributed by atoms with Gasteiger partial charge in [0, 0.05) is 7.05 Å². The lowest BCUT2D eigenvalue weighted by Crippen LogP contribution is -2.37. The minimum absolute atomic E-state index is 0.494. The number of aromatic hydroxyl groups is 6. The van der Waals surface area contributed by atoms with E-state index in [9.17, 15) is 49.8 Å². The molecular formula is C19H15NO12. The van der Waals surface area contributed by atoms with E-state index in [4.69, 9.17) is 9.47 Å². The second kappa shape index (κ2) is 7.86. The highest BCUT2D eigenvalue weighted by molar-refractivity contribution is 6.10. The van der Waals surface area contributed by atoms with Crippen LogP contribution in [-0.2, 0) is 19.1 Å². The molecule has 0 aromatic heterocycles. The van der Waals surface area contributed by atoms with Crippen LogP contribution in [0.15, 0.2) is 24.3 Å². The Hall–Kier alpha value is -4.68. The number of imide groups is 1. The fourth-order valence-corrected chi connectivity index (χ4v) is 2.78. The largest absolute Gasteiger partial charge is 0.504 e. The molecule has 1 fully saturated rings. The molecule has 6 N–H and O–H groups in total. The summed E-state index contributed by atoms with van der Waals surface area (Å²) in [6, 6.07) is 2.91. The molecule has 0 aliphatic carbocycles. The number of amides is 2. The Morgan fingerprint density at radius 3 is 1.25 bits per heavy atom. The molecule has 1 heterocycles. The summed E-state index contributed by atoms with van der Waals surface area (Å²) in [5.41, 5.74) is -0.989. The van der Waals surface area contributed by atoms with Gasteiger partial charge >= 0.3 is 11.9 Å². The molecular weight excluding hydrogens is 434 g/mol. The van der Waals surface area contributed by atoms with Crippen LogP contribution in [0.25, 0.3) is 0 Å². The van der Waals surface area contributed by atoms with Crippen molar-refractivity contribution in [1.82, 2.24) is 4.90 Å². The zero-order valence-electron chi connectivity index (χ0n) is 16.0. The molecule has 0 unspecified atom stereocenters. The zero-order valence-corrected chi connectivity index (χ0v) is 16.0. The maximum absolute atomic E-state index is 12.4. The summed E-state index contributed by atoms with van der Waals surface area (Å²) in [7, 11) is 1.04. The van der Waals surface area contributed by atoms with Crippen LogP contribution in [0.2, 0.25) is 0 Å². The smallest absolute Gasteiger partial charge is 0.339 e. The van der Waals surface area contributed by atoms with Crippen LogP contribution in [0.4, 0.5) is 0 Å². The van der Waals surface area contributed by atoms with Crippen LogP contribution in [0, 0.1) is 0 Å². The lowest BCUT2D eigenvalue weighted by atomic mass is 10.1. The fourth-order valence-electron chi connectivity index (χ4n) is 2.78. The number of phenolic OH excluding ortho intramolecular Hbond substituents is 6. The average Bonchev–Trinajstić information content (AvgIpc) is 2.93. The molecule has 0 bridgehead atoms. The molecule has 2 amide bonds. The minimum Gasteiger partial charge on any atom is -0.504 e. The lowest BCUT2D eigenvalue weighted by molar-refractivity contribution is -0.139. The molecule has 1 saturated heterocycles. The molecule has 168 valence electrons.